The fourth-order valence-corrected chi connectivity index (χ4v) is 2.96. The number of nitrogens with one attached hydrogen (secondary N) is 1. The third kappa shape index (κ3) is 3.06. The first kappa shape index (κ1) is 11.6. The lowest BCUT2D eigenvalue weighted by molar-refractivity contribution is 0.601. The smallest absolute Gasteiger partial charge is 0.151 e. The maximum atomic E-state index is 11.2. The molecule has 1 saturated heterocycles. The number of sulfone groups is 1. The number of hydrogen-bond donors (Lipinski definition) is 1. The Morgan fingerprint density at radius 3 is 2.88 bits per heavy atom. The van der Waals surface area contributed by atoms with Crippen molar-refractivity contribution >= 4 is 9.84 Å². The van der Waals surface area contributed by atoms with E-state index in [4.69, 9.17) is 0 Å². The molecule has 4 heteroatoms. The van der Waals surface area contributed by atoms with E-state index in [1.54, 1.807) is 0 Å². The molecule has 3 nitrogen and oxygen atoms in total. The van der Waals surface area contributed by atoms with Gasteiger partial charge in [-0.25, -0.2) is 8.42 Å². The van der Waals surface area contributed by atoms with Crippen LogP contribution in [0.1, 0.15) is 30.0 Å². The van der Waals surface area contributed by atoms with Crippen LogP contribution in [0.5, 0.6) is 0 Å². The van der Waals surface area contributed by atoms with Gasteiger partial charge in [-0.3, -0.25) is 0 Å². The van der Waals surface area contributed by atoms with Crippen LogP contribution in [0.3, 0.4) is 0 Å². The Bertz CT molecular complexity index is 462. The molecule has 0 saturated carbocycles. The fourth-order valence-electron chi connectivity index (χ4n) is 2.17. The Morgan fingerprint density at radius 2 is 2.25 bits per heavy atom. The van der Waals surface area contributed by atoms with Crippen molar-refractivity contribution in [3.8, 4) is 0 Å². The van der Waals surface area contributed by atoms with Crippen LogP contribution in [0, 0.1) is 0 Å². The molecule has 0 aromatic heterocycles. The monoisotopic (exact) mass is 239 g/mol. The third-order valence-electron chi connectivity index (χ3n) is 2.84. The Balaban J connectivity index is 2.19. The van der Waals surface area contributed by atoms with Gasteiger partial charge in [0.05, 0.1) is 5.75 Å². The highest BCUT2D eigenvalue weighted by atomic mass is 32.2. The van der Waals surface area contributed by atoms with Crippen LogP contribution >= 0.6 is 0 Å². The summed E-state index contributed by atoms with van der Waals surface area (Å²) in [6.07, 6.45) is 3.61. The van der Waals surface area contributed by atoms with Crippen molar-refractivity contribution in [2.45, 2.75) is 24.6 Å². The zero-order valence-electron chi connectivity index (χ0n) is 9.44. The van der Waals surface area contributed by atoms with Crippen LogP contribution < -0.4 is 5.32 Å². The molecule has 1 fully saturated rings. The first-order chi connectivity index (χ1) is 7.54. The van der Waals surface area contributed by atoms with Gasteiger partial charge < -0.3 is 5.32 Å². The van der Waals surface area contributed by atoms with Gasteiger partial charge in [0.1, 0.15) is 0 Å². The molecule has 1 aromatic rings. The molecule has 0 amide bonds. The molecule has 1 N–H and O–H groups in total. The first-order valence-corrected chi connectivity index (χ1v) is 7.60. The summed E-state index contributed by atoms with van der Waals surface area (Å²) in [5.41, 5.74) is 2.09. The Morgan fingerprint density at radius 1 is 1.44 bits per heavy atom. The van der Waals surface area contributed by atoms with Crippen LogP contribution in [-0.4, -0.2) is 21.2 Å². The van der Waals surface area contributed by atoms with Crippen LogP contribution in [0.25, 0.3) is 0 Å². The molecule has 0 bridgehead atoms. The normalized spacial score (nSPS) is 21.2. The van der Waals surface area contributed by atoms with E-state index in [-0.39, 0.29) is 5.75 Å². The molecule has 1 aliphatic rings. The highest BCUT2D eigenvalue weighted by molar-refractivity contribution is 7.89. The second kappa shape index (κ2) is 4.55. The quantitative estimate of drug-likeness (QED) is 0.872. The number of hydrogen-bond acceptors (Lipinski definition) is 3. The van der Waals surface area contributed by atoms with E-state index in [0.29, 0.717) is 6.04 Å². The lowest BCUT2D eigenvalue weighted by Crippen LogP contribution is -2.13. The minimum atomic E-state index is -2.94. The van der Waals surface area contributed by atoms with Gasteiger partial charge in [-0.15, -0.1) is 0 Å². The lowest BCUT2D eigenvalue weighted by Gasteiger charge is -2.11. The van der Waals surface area contributed by atoms with Crippen molar-refractivity contribution in [1.82, 2.24) is 5.32 Å². The summed E-state index contributed by atoms with van der Waals surface area (Å²) in [7, 11) is -2.94. The van der Waals surface area contributed by atoms with Crippen molar-refractivity contribution in [2.24, 2.45) is 0 Å². The zero-order chi connectivity index (χ0) is 11.6. The summed E-state index contributed by atoms with van der Waals surface area (Å²) in [5.74, 6) is 0.132. The maximum absolute atomic E-state index is 11.2. The summed E-state index contributed by atoms with van der Waals surface area (Å²) in [4.78, 5) is 0. The lowest BCUT2D eigenvalue weighted by atomic mass is 10.0. The van der Waals surface area contributed by atoms with Crippen molar-refractivity contribution < 1.29 is 8.42 Å². The molecule has 1 unspecified atom stereocenters. The highest BCUT2D eigenvalue weighted by Crippen LogP contribution is 2.23. The molecule has 0 radical (unpaired) electrons. The minimum absolute atomic E-state index is 0.132. The van der Waals surface area contributed by atoms with Crippen LogP contribution in [0.2, 0.25) is 0 Å². The Labute approximate surface area is 96.8 Å². The number of rotatable bonds is 3. The minimum Gasteiger partial charge on any atom is -0.310 e. The number of benzene rings is 1. The molecular formula is C12H17NO2S. The largest absolute Gasteiger partial charge is 0.310 e. The van der Waals surface area contributed by atoms with Gasteiger partial charge in [0.25, 0.3) is 0 Å². The van der Waals surface area contributed by atoms with E-state index in [2.05, 4.69) is 11.4 Å². The summed E-state index contributed by atoms with van der Waals surface area (Å²) < 4.78 is 22.4. The molecule has 0 spiro atoms. The zero-order valence-corrected chi connectivity index (χ0v) is 10.3. The van der Waals surface area contributed by atoms with Crippen molar-refractivity contribution in [2.75, 3.05) is 12.8 Å². The van der Waals surface area contributed by atoms with E-state index in [1.807, 2.05) is 18.2 Å². The van der Waals surface area contributed by atoms with Gasteiger partial charge in [-0.1, -0.05) is 24.3 Å². The van der Waals surface area contributed by atoms with E-state index in [9.17, 15) is 8.42 Å². The SMILES string of the molecule is CS(=O)(=O)Cc1cccc(C2CCCN2)c1. The summed E-state index contributed by atoms with van der Waals surface area (Å²) in [6.45, 7) is 1.06. The summed E-state index contributed by atoms with van der Waals surface area (Å²) in [6, 6.07) is 8.29. The average molecular weight is 239 g/mol. The predicted octanol–water partition coefficient (Wildman–Crippen LogP) is 1.66. The van der Waals surface area contributed by atoms with E-state index >= 15 is 0 Å². The highest BCUT2D eigenvalue weighted by Gasteiger charge is 2.16. The van der Waals surface area contributed by atoms with Gasteiger partial charge in [0.15, 0.2) is 9.84 Å². The molecule has 16 heavy (non-hydrogen) atoms. The molecule has 1 aliphatic heterocycles. The fraction of sp³-hybridized carbons (Fsp3) is 0.500. The van der Waals surface area contributed by atoms with Crippen LogP contribution in [0.4, 0.5) is 0 Å². The second-order valence-corrected chi connectivity index (χ2v) is 6.60. The summed E-state index contributed by atoms with van der Waals surface area (Å²) in [5, 5.41) is 3.41. The van der Waals surface area contributed by atoms with Crippen LogP contribution in [-0.2, 0) is 15.6 Å². The van der Waals surface area contributed by atoms with Crippen molar-refractivity contribution in [1.29, 1.82) is 0 Å². The van der Waals surface area contributed by atoms with Gasteiger partial charge in [-0.05, 0) is 30.5 Å². The molecule has 1 heterocycles. The summed E-state index contributed by atoms with van der Waals surface area (Å²) >= 11 is 0. The molecule has 1 atom stereocenters. The Kier molecular flexibility index (Phi) is 3.30. The third-order valence-corrected chi connectivity index (χ3v) is 3.70. The average Bonchev–Trinajstić information content (AvgIpc) is 2.68. The molecule has 88 valence electrons. The topological polar surface area (TPSA) is 46.2 Å². The standard InChI is InChI=1S/C12H17NO2S/c1-16(14,15)9-10-4-2-5-11(8-10)12-6-3-7-13-12/h2,4-5,8,12-13H,3,6-7,9H2,1H3. The van der Waals surface area contributed by atoms with E-state index in [1.165, 1.54) is 18.2 Å². The molecule has 1 aromatic carbocycles. The van der Waals surface area contributed by atoms with E-state index < -0.39 is 9.84 Å². The van der Waals surface area contributed by atoms with Gasteiger partial charge >= 0.3 is 0 Å². The maximum Gasteiger partial charge on any atom is 0.151 e. The molecule has 0 aliphatic carbocycles. The molecule has 2 rings (SSSR count). The molecular weight excluding hydrogens is 222 g/mol. The van der Waals surface area contributed by atoms with Gasteiger partial charge in [0.2, 0.25) is 0 Å². The van der Waals surface area contributed by atoms with E-state index in [0.717, 1.165) is 18.5 Å². The predicted molar refractivity (Wildman–Crippen MR) is 65.0 cm³/mol. The second-order valence-electron chi connectivity index (χ2n) is 4.46. The van der Waals surface area contributed by atoms with Gasteiger partial charge in [-0.2, -0.15) is 0 Å². The van der Waals surface area contributed by atoms with Crippen LogP contribution in [0.15, 0.2) is 24.3 Å². The first-order valence-electron chi connectivity index (χ1n) is 5.54. The van der Waals surface area contributed by atoms with Crippen molar-refractivity contribution in [3.05, 3.63) is 35.4 Å². The Hall–Kier alpha value is -0.870. The van der Waals surface area contributed by atoms with Gasteiger partial charge in [0, 0.05) is 12.3 Å². The van der Waals surface area contributed by atoms with Crippen molar-refractivity contribution in [3.63, 3.8) is 0 Å².